The van der Waals surface area contributed by atoms with Crippen molar-refractivity contribution in [3.8, 4) is 16.9 Å². The molecule has 4 rings (SSSR count). The highest BCUT2D eigenvalue weighted by molar-refractivity contribution is 5.68. The Morgan fingerprint density at radius 2 is 1.77 bits per heavy atom. The number of hydrogen-bond donors (Lipinski definition) is 0. The molecule has 30 heavy (non-hydrogen) atoms. The van der Waals surface area contributed by atoms with Gasteiger partial charge in [0.2, 0.25) is 0 Å². The molecule has 0 aromatic heterocycles. The van der Waals surface area contributed by atoms with E-state index in [2.05, 4.69) is 16.9 Å². The van der Waals surface area contributed by atoms with E-state index in [1.165, 1.54) is 18.2 Å². The summed E-state index contributed by atoms with van der Waals surface area (Å²) in [5.41, 5.74) is 1.32. The first-order valence-corrected chi connectivity index (χ1v) is 10.3. The summed E-state index contributed by atoms with van der Waals surface area (Å²) in [6, 6.07) is 6.09. The summed E-state index contributed by atoms with van der Waals surface area (Å²) in [5.74, 6) is -0.572. The quantitative estimate of drug-likeness (QED) is 0.366. The first-order chi connectivity index (χ1) is 14.3. The molecule has 2 aromatic rings. The summed E-state index contributed by atoms with van der Waals surface area (Å²) >= 11 is 0. The van der Waals surface area contributed by atoms with Crippen molar-refractivity contribution in [2.45, 2.75) is 51.3 Å². The van der Waals surface area contributed by atoms with Gasteiger partial charge in [-0.25, -0.2) is 8.78 Å². The summed E-state index contributed by atoms with van der Waals surface area (Å²) in [6.07, 6.45) is 3.86. The number of allylic oxidation sites excluding steroid dienone is 2. The van der Waals surface area contributed by atoms with Crippen LogP contribution in [-0.4, -0.2) is 6.36 Å². The molecule has 0 heterocycles. The van der Waals surface area contributed by atoms with Gasteiger partial charge in [0, 0.05) is 0 Å². The third-order valence-corrected chi connectivity index (χ3v) is 6.38. The van der Waals surface area contributed by atoms with Crippen LogP contribution in [-0.2, 0) is 6.42 Å². The second-order valence-electron chi connectivity index (χ2n) is 8.19. The van der Waals surface area contributed by atoms with Crippen molar-refractivity contribution >= 4 is 0 Å². The number of halogens is 5. The van der Waals surface area contributed by atoms with E-state index in [4.69, 9.17) is 0 Å². The van der Waals surface area contributed by atoms with Gasteiger partial charge < -0.3 is 4.74 Å². The van der Waals surface area contributed by atoms with Crippen LogP contribution in [0.15, 0.2) is 42.5 Å². The molecule has 2 aliphatic carbocycles. The second kappa shape index (κ2) is 8.05. The Hall–Kier alpha value is -2.37. The number of hydrogen-bond acceptors (Lipinski definition) is 1. The van der Waals surface area contributed by atoms with Gasteiger partial charge in [-0.05, 0) is 91.7 Å². The van der Waals surface area contributed by atoms with E-state index >= 15 is 4.39 Å². The predicted octanol–water partition coefficient (Wildman–Crippen LogP) is 7.55. The van der Waals surface area contributed by atoms with Crippen LogP contribution in [0.3, 0.4) is 0 Å². The maximum absolute atomic E-state index is 15.4. The van der Waals surface area contributed by atoms with E-state index in [1.807, 2.05) is 6.92 Å². The summed E-state index contributed by atoms with van der Waals surface area (Å²) in [7, 11) is 0. The van der Waals surface area contributed by atoms with E-state index in [0.717, 1.165) is 43.4 Å². The molecular formula is C24H23F5O. The first kappa shape index (κ1) is 20.9. The Kier molecular flexibility index (Phi) is 5.60. The smallest absolute Gasteiger partial charge is 0.406 e. The Bertz CT molecular complexity index is 946. The molecule has 6 heteroatoms. The minimum atomic E-state index is -4.81. The third-order valence-electron chi connectivity index (χ3n) is 6.38. The van der Waals surface area contributed by atoms with E-state index in [-0.39, 0.29) is 17.0 Å². The van der Waals surface area contributed by atoms with Crippen LogP contribution in [0.1, 0.15) is 49.7 Å². The highest BCUT2D eigenvalue weighted by Gasteiger charge is 2.37. The molecule has 2 aliphatic rings. The molecule has 3 atom stereocenters. The lowest BCUT2D eigenvalue weighted by molar-refractivity contribution is -0.274. The number of alkyl halides is 3. The molecule has 0 aliphatic heterocycles. The van der Waals surface area contributed by atoms with Crippen LogP contribution in [0.2, 0.25) is 0 Å². The molecule has 0 bridgehead atoms. The highest BCUT2D eigenvalue weighted by Crippen LogP contribution is 2.49. The monoisotopic (exact) mass is 422 g/mol. The lowest BCUT2D eigenvalue weighted by atomic mass is 9.65. The van der Waals surface area contributed by atoms with Gasteiger partial charge >= 0.3 is 6.36 Å². The second-order valence-corrected chi connectivity index (χ2v) is 8.19. The van der Waals surface area contributed by atoms with Crippen molar-refractivity contribution in [3.63, 3.8) is 0 Å². The molecular weight excluding hydrogens is 399 g/mol. The van der Waals surface area contributed by atoms with Gasteiger partial charge in [0.1, 0.15) is 17.4 Å². The Morgan fingerprint density at radius 3 is 2.43 bits per heavy atom. The molecule has 0 spiro atoms. The molecule has 0 N–H and O–H groups in total. The molecule has 1 saturated carbocycles. The summed E-state index contributed by atoms with van der Waals surface area (Å²) in [4.78, 5) is 0. The molecule has 2 aromatic carbocycles. The van der Waals surface area contributed by atoms with Gasteiger partial charge in [-0.3, -0.25) is 0 Å². The summed E-state index contributed by atoms with van der Waals surface area (Å²) in [5, 5.41) is 0. The van der Waals surface area contributed by atoms with Crippen LogP contribution in [0, 0.1) is 23.5 Å². The predicted molar refractivity (Wildman–Crippen MR) is 105 cm³/mol. The van der Waals surface area contributed by atoms with Gasteiger partial charge in [0.05, 0.1) is 5.56 Å². The number of ether oxygens (including phenoxy) is 1. The normalized spacial score (nSPS) is 23.9. The lowest BCUT2D eigenvalue weighted by Gasteiger charge is -2.40. The van der Waals surface area contributed by atoms with Crippen LogP contribution in [0.5, 0.6) is 5.75 Å². The molecule has 0 saturated heterocycles. The van der Waals surface area contributed by atoms with Gasteiger partial charge in [0.25, 0.3) is 0 Å². The fourth-order valence-electron chi connectivity index (χ4n) is 5.16. The molecule has 1 nitrogen and oxygen atoms in total. The molecule has 3 unspecified atom stereocenters. The van der Waals surface area contributed by atoms with Gasteiger partial charge in [-0.1, -0.05) is 24.3 Å². The largest absolute Gasteiger partial charge is 0.573 e. The van der Waals surface area contributed by atoms with Crippen LogP contribution >= 0.6 is 0 Å². The minimum Gasteiger partial charge on any atom is -0.406 e. The van der Waals surface area contributed by atoms with Crippen molar-refractivity contribution in [1.29, 1.82) is 0 Å². The van der Waals surface area contributed by atoms with Gasteiger partial charge in [0.15, 0.2) is 0 Å². The van der Waals surface area contributed by atoms with Crippen molar-refractivity contribution in [2.24, 2.45) is 11.8 Å². The Morgan fingerprint density at radius 1 is 1.03 bits per heavy atom. The fraction of sp³-hybridized carbons (Fsp3) is 0.417. The van der Waals surface area contributed by atoms with Crippen molar-refractivity contribution in [1.82, 2.24) is 0 Å². The number of fused-ring (bicyclic) bond motifs is 3. The van der Waals surface area contributed by atoms with Gasteiger partial charge in [-0.2, -0.15) is 0 Å². The maximum Gasteiger partial charge on any atom is 0.573 e. The van der Waals surface area contributed by atoms with Crippen LogP contribution in [0.4, 0.5) is 22.0 Å². The zero-order valence-corrected chi connectivity index (χ0v) is 16.6. The fourth-order valence-corrected chi connectivity index (χ4v) is 5.16. The SMILES string of the molecule is CC=CC1CCC2c3cc(F)c(-c4ccc(OC(F)(F)F)cc4)c(F)c3CCC2C1. The van der Waals surface area contributed by atoms with Crippen LogP contribution < -0.4 is 4.74 Å². The molecule has 160 valence electrons. The zero-order chi connectivity index (χ0) is 21.5. The molecule has 0 radical (unpaired) electrons. The number of rotatable bonds is 3. The molecule has 0 amide bonds. The van der Waals surface area contributed by atoms with E-state index in [9.17, 15) is 17.6 Å². The van der Waals surface area contributed by atoms with Crippen molar-refractivity contribution in [2.75, 3.05) is 0 Å². The average molecular weight is 422 g/mol. The van der Waals surface area contributed by atoms with E-state index in [1.54, 1.807) is 0 Å². The standard InChI is InChI=1S/C24H23F5O/c1-2-3-14-4-10-18-16(12-14)7-11-19-20(18)13-21(25)22(23(19)26)15-5-8-17(9-6-15)30-24(27,28)29/h2-3,5-6,8-9,13-14,16,18H,4,7,10-12H2,1H3. The Balaban J connectivity index is 1.64. The van der Waals surface area contributed by atoms with E-state index < -0.39 is 23.7 Å². The first-order valence-electron chi connectivity index (χ1n) is 10.3. The Labute approximate surface area is 172 Å². The summed E-state index contributed by atoms with van der Waals surface area (Å²) in [6.45, 7) is 2.01. The minimum absolute atomic E-state index is 0.163. The lowest BCUT2D eigenvalue weighted by Crippen LogP contribution is -2.28. The highest BCUT2D eigenvalue weighted by atomic mass is 19.4. The third kappa shape index (κ3) is 4.09. The summed E-state index contributed by atoms with van der Waals surface area (Å²) < 4.78 is 71.2. The van der Waals surface area contributed by atoms with Crippen LogP contribution in [0.25, 0.3) is 11.1 Å². The average Bonchev–Trinajstić information content (AvgIpc) is 2.68. The number of benzene rings is 2. The molecule has 1 fully saturated rings. The zero-order valence-electron chi connectivity index (χ0n) is 16.6. The van der Waals surface area contributed by atoms with Crippen molar-refractivity contribution in [3.05, 3.63) is 65.2 Å². The van der Waals surface area contributed by atoms with Crippen molar-refractivity contribution < 1.29 is 26.7 Å². The van der Waals surface area contributed by atoms with Gasteiger partial charge in [-0.15, -0.1) is 13.2 Å². The topological polar surface area (TPSA) is 9.23 Å². The maximum atomic E-state index is 15.4. The van der Waals surface area contributed by atoms with E-state index in [0.29, 0.717) is 23.8 Å².